The first kappa shape index (κ1) is 10.4. The van der Waals surface area contributed by atoms with Crippen LogP contribution in [-0.2, 0) is 14.6 Å². The molecule has 0 saturated carbocycles. The fourth-order valence-electron chi connectivity index (χ4n) is 1.93. The lowest BCUT2D eigenvalue weighted by molar-refractivity contribution is 0.0989. The first-order chi connectivity index (χ1) is 6.68. The van der Waals surface area contributed by atoms with Crippen molar-refractivity contribution < 1.29 is 13.2 Å². The van der Waals surface area contributed by atoms with Gasteiger partial charge in [0.15, 0.2) is 9.84 Å². The normalized spacial score (nSPS) is 29.9. The van der Waals surface area contributed by atoms with Crippen molar-refractivity contribution in [2.75, 3.05) is 32.1 Å². The Morgan fingerprint density at radius 2 is 2.14 bits per heavy atom. The van der Waals surface area contributed by atoms with Crippen molar-refractivity contribution in [1.82, 2.24) is 5.32 Å². The maximum absolute atomic E-state index is 11.9. The van der Waals surface area contributed by atoms with Gasteiger partial charge in [-0.15, -0.1) is 0 Å². The van der Waals surface area contributed by atoms with E-state index in [1.807, 2.05) is 0 Å². The summed E-state index contributed by atoms with van der Waals surface area (Å²) in [4.78, 5) is 0. The van der Waals surface area contributed by atoms with Crippen molar-refractivity contribution in [3.63, 3.8) is 0 Å². The van der Waals surface area contributed by atoms with Gasteiger partial charge in [0.1, 0.15) is 0 Å². The number of rotatable bonds is 3. The van der Waals surface area contributed by atoms with Gasteiger partial charge in [-0.05, 0) is 18.8 Å². The van der Waals surface area contributed by atoms with E-state index in [1.54, 1.807) is 0 Å². The molecule has 0 aromatic carbocycles. The molecule has 0 aromatic rings. The van der Waals surface area contributed by atoms with E-state index in [0.29, 0.717) is 18.3 Å². The van der Waals surface area contributed by atoms with E-state index in [4.69, 9.17) is 4.74 Å². The van der Waals surface area contributed by atoms with Crippen LogP contribution in [0.3, 0.4) is 0 Å². The minimum Gasteiger partial charge on any atom is -0.380 e. The van der Waals surface area contributed by atoms with E-state index in [1.165, 1.54) is 0 Å². The largest absolute Gasteiger partial charge is 0.380 e. The smallest absolute Gasteiger partial charge is 0.155 e. The first-order valence-corrected chi connectivity index (χ1v) is 6.90. The van der Waals surface area contributed by atoms with Crippen LogP contribution in [0.4, 0.5) is 0 Å². The highest BCUT2D eigenvalue weighted by Gasteiger charge is 2.32. The maximum atomic E-state index is 11.9. The fraction of sp³-hybridized carbons (Fsp3) is 1.00. The van der Waals surface area contributed by atoms with E-state index in [-0.39, 0.29) is 5.25 Å². The quantitative estimate of drug-likeness (QED) is 0.714. The highest BCUT2D eigenvalue weighted by atomic mass is 32.2. The van der Waals surface area contributed by atoms with Gasteiger partial charge in [-0.2, -0.15) is 0 Å². The predicted molar refractivity (Wildman–Crippen MR) is 54.0 cm³/mol. The molecule has 0 aromatic heterocycles. The van der Waals surface area contributed by atoms with Crippen LogP contribution in [-0.4, -0.2) is 45.7 Å². The summed E-state index contributed by atoms with van der Waals surface area (Å²) in [7, 11) is -2.91. The van der Waals surface area contributed by atoms with Gasteiger partial charge in [-0.25, -0.2) is 8.42 Å². The van der Waals surface area contributed by atoms with Crippen LogP contribution in [0.25, 0.3) is 0 Å². The standard InChI is InChI=1S/C9H17NO3S/c11-14(12,7-8-4-10-5-8)9-2-1-3-13-6-9/h8-10H,1-7H2. The fourth-order valence-corrected chi connectivity index (χ4v) is 3.92. The molecular formula is C9H17NO3S. The number of hydrogen-bond acceptors (Lipinski definition) is 4. The zero-order valence-corrected chi connectivity index (χ0v) is 9.05. The van der Waals surface area contributed by atoms with Crippen molar-refractivity contribution in [2.45, 2.75) is 18.1 Å². The number of nitrogens with one attached hydrogen (secondary N) is 1. The molecule has 2 aliphatic rings. The lowest BCUT2D eigenvalue weighted by Gasteiger charge is -2.29. The molecule has 0 aliphatic carbocycles. The minimum atomic E-state index is -2.91. The van der Waals surface area contributed by atoms with Crippen LogP contribution in [0.1, 0.15) is 12.8 Å². The van der Waals surface area contributed by atoms with Crippen LogP contribution in [0.2, 0.25) is 0 Å². The SMILES string of the molecule is O=S(=O)(CC1CNC1)C1CCCOC1. The van der Waals surface area contributed by atoms with E-state index < -0.39 is 9.84 Å². The predicted octanol–water partition coefficient (Wildman–Crippen LogP) is -0.200. The zero-order valence-electron chi connectivity index (χ0n) is 8.24. The molecule has 2 aliphatic heterocycles. The van der Waals surface area contributed by atoms with E-state index >= 15 is 0 Å². The zero-order chi connectivity index (χ0) is 10.0. The monoisotopic (exact) mass is 219 g/mol. The van der Waals surface area contributed by atoms with E-state index in [0.717, 1.165) is 32.5 Å². The summed E-state index contributed by atoms with van der Waals surface area (Å²) in [6.45, 7) is 2.83. The summed E-state index contributed by atoms with van der Waals surface area (Å²) in [6, 6.07) is 0. The van der Waals surface area contributed by atoms with Gasteiger partial charge >= 0.3 is 0 Å². The molecule has 2 fully saturated rings. The second kappa shape index (κ2) is 4.16. The Bertz CT molecular complexity index is 278. The van der Waals surface area contributed by atoms with Gasteiger partial charge in [0, 0.05) is 19.7 Å². The van der Waals surface area contributed by atoms with Gasteiger partial charge in [0.05, 0.1) is 17.6 Å². The Hall–Kier alpha value is -0.130. The van der Waals surface area contributed by atoms with E-state index in [9.17, 15) is 8.42 Å². The Balaban J connectivity index is 1.91. The van der Waals surface area contributed by atoms with Gasteiger partial charge in [-0.1, -0.05) is 0 Å². The molecule has 2 saturated heterocycles. The lowest BCUT2D eigenvalue weighted by Crippen LogP contribution is -2.47. The molecule has 1 atom stereocenters. The summed E-state index contributed by atoms with van der Waals surface area (Å²) < 4.78 is 29.0. The van der Waals surface area contributed by atoms with Crippen molar-refractivity contribution in [1.29, 1.82) is 0 Å². The Morgan fingerprint density at radius 1 is 1.36 bits per heavy atom. The van der Waals surface area contributed by atoms with E-state index in [2.05, 4.69) is 5.32 Å². The molecular weight excluding hydrogens is 202 g/mol. The topological polar surface area (TPSA) is 55.4 Å². The Morgan fingerprint density at radius 3 is 2.64 bits per heavy atom. The Kier molecular flexibility index (Phi) is 3.09. The number of ether oxygens (including phenoxy) is 1. The van der Waals surface area contributed by atoms with Gasteiger partial charge in [0.25, 0.3) is 0 Å². The highest BCUT2D eigenvalue weighted by molar-refractivity contribution is 7.92. The molecule has 4 nitrogen and oxygen atoms in total. The van der Waals surface area contributed by atoms with Gasteiger partial charge in [-0.3, -0.25) is 0 Å². The summed E-state index contributed by atoms with van der Waals surface area (Å²) in [5, 5.41) is 2.85. The summed E-state index contributed by atoms with van der Waals surface area (Å²) >= 11 is 0. The molecule has 0 spiro atoms. The van der Waals surface area contributed by atoms with Crippen molar-refractivity contribution >= 4 is 9.84 Å². The lowest BCUT2D eigenvalue weighted by atomic mass is 10.1. The summed E-state index contributed by atoms with van der Waals surface area (Å²) in [5.41, 5.74) is 0. The molecule has 14 heavy (non-hydrogen) atoms. The second-order valence-electron chi connectivity index (χ2n) is 4.19. The Labute approximate surface area is 84.9 Å². The van der Waals surface area contributed by atoms with Crippen LogP contribution in [0.5, 0.6) is 0 Å². The van der Waals surface area contributed by atoms with Crippen LogP contribution >= 0.6 is 0 Å². The molecule has 0 radical (unpaired) electrons. The summed E-state index contributed by atoms with van der Waals surface area (Å²) in [6.07, 6.45) is 1.66. The molecule has 0 bridgehead atoms. The number of hydrogen-bond donors (Lipinski definition) is 1. The van der Waals surface area contributed by atoms with Crippen LogP contribution in [0, 0.1) is 5.92 Å². The molecule has 1 unspecified atom stereocenters. The van der Waals surface area contributed by atoms with Gasteiger partial charge in [0.2, 0.25) is 0 Å². The van der Waals surface area contributed by atoms with Gasteiger partial charge < -0.3 is 10.1 Å². The third-order valence-corrected chi connectivity index (χ3v) is 5.28. The maximum Gasteiger partial charge on any atom is 0.155 e. The third-order valence-electron chi connectivity index (χ3n) is 2.96. The first-order valence-electron chi connectivity index (χ1n) is 5.18. The minimum absolute atomic E-state index is 0.239. The van der Waals surface area contributed by atoms with Crippen LogP contribution < -0.4 is 5.32 Å². The van der Waals surface area contributed by atoms with Crippen molar-refractivity contribution in [3.05, 3.63) is 0 Å². The number of sulfone groups is 1. The molecule has 2 heterocycles. The molecule has 2 rings (SSSR count). The average Bonchev–Trinajstić information content (AvgIpc) is 2.13. The van der Waals surface area contributed by atoms with Crippen LogP contribution in [0.15, 0.2) is 0 Å². The second-order valence-corrected chi connectivity index (χ2v) is 6.52. The molecule has 0 amide bonds. The summed E-state index contributed by atoms with van der Waals surface area (Å²) in [5.74, 6) is 0.676. The van der Waals surface area contributed by atoms with Crippen molar-refractivity contribution in [3.8, 4) is 0 Å². The molecule has 1 N–H and O–H groups in total. The third kappa shape index (κ3) is 2.27. The average molecular weight is 219 g/mol. The van der Waals surface area contributed by atoms with Crippen molar-refractivity contribution in [2.24, 2.45) is 5.92 Å². The molecule has 82 valence electrons. The highest BCUT2D eigenvalue weighted by Crippen LogP contribution is 2.18. The molecule has 5 heteroatoms.